The van der Waals surface area contributed by atoms with Gasteiger partial charge in [0, 0.05) is 16.2 Å². The molecule has 19 heavy (non-hydrogen) atoms. The van der Waals surface area contributed by atoms with Crippen molar-refractivity contribution >= 4 is 11.8 Å². The third kappa shape index (κ3) is 3.35. The molecule has 0 aliphatic heterocycles. The Bertz CT molecular complexity index is 429. The Morgan fingerprint density at radius 1 is 0.895 bits per heavy atom. The standard InChI is InChI=1S/C17H25NS/c18-16-8-3-1-2-4-9-17(16)19-15-11-10-13-6-5-7-14(13)12-15/h10-12,16-17H,1-9,18H2. The first-order valence-corrected chi connectivity index (χ1v) is 8.75. The molecular formula is C17H25NS. The molecule has 0 bridgehead atoms. The quantitative estimate of drug-likeness (QED) is 0.870. The highest BCUT2D eigenvalue weighted by Gasteiger charge is 2.21. The minimum absolute atomic E-state index is 0.388. The van der Waals surface area contributed by atoms with Crippen LogP contribution >= 0.6 is 11.8 Å². The first kappa shape index (κ1) is 13.5. The second-order valence-corrected chi connectivity index (χ2v) is 7.41. The van der Waals surface area contributed by atoms with Crippen LogP contribution in [0.4, 0.5) is 0 Å². The minimum atomic E-state index is 0.388. The number of thioether (sulfide) groups is 1. The summed E-state index contributed by atoms with van der Waals surface area (Å²) in [6, 6.07) is 7.48. The van der Waals surface area contributed by atoms with Gasteiger partial charge in [-0.2, -0.15) is 0 Å². The van der Waals surface area contributed by atoms with Crippen molar-refractivity contribution < 1.29 is 0 Å². The summed E-state index contributed by atoms with van der Waals surface area (Å²) in [5.74, 6) is 0. The molecule has 2 atom stereocenters. The van der Waals surface area contributed by atoms with Gasteiger partial charge in [-0.25, -0.2) is 0 Å². The maximum atomic E-state index is 6.39. The van der Waals surface area contributed by atoms with Gasteiger partial charge in [-0.15, -0.1) is 11.8 Å². The molecule has 0 saturated heterocycles. The lowest BCUT2D eigenvalue weighted by Gasteiger charge is -2.26. The summed E-state index contributed by atoms with van der Waals surface area (Å²) in [7, 11) is 0. The number of nitrogens with two attached hydrogens (primary N) is 1. The Balaban J connectivity index is 1.68. The van der Waals surface area contributed by atoms with E-state index in [2.05, 4.69) is 18.2 Å². The fourth-order valence-corrected chi connectivity index (χ4v) is 4.72. The van der Waals surface area contributed by atoms with Gasteiger partial charge in [0.25, 0.3) is 0 Å². The molecule has 0 amide bonds. The lowest BCUT2D eigenvalue weighted by Crippen LogP contribution is -2.33. The smallest absolute Gasteiger partial charge is 0.0246 e. The van der Waals surface area contributed by atoms with Crippen LogP contribution in [0.2, 0.25) is 0 Å². The van der Waals surface area contributed by atoms with Crippen molar-refractivity contribution in [2.24, 2.45) is 5.73 Å². The monoisotopic (exact) mass is 275 g/mol. The van der Waals surface area contributed by atoms with Gasteiger partial charge in [-0.05, 0) is 55.4 Å². The Kier molecular flexibility index (Phi) is 4.49. The molecule has 0 radical (unpaired) electrons. The van der Waals surface area contributed by atoms with Gasteiger partial charge in [0.15, 0.2) is 0 Å². The molecule has 1 saturated carbocycles. The Morgan fingerprint density at radius 2 is 1.68 bits per heavy atom. The number of aryl methyl sites for hydroxylation is 2. The van der Waals surface area contributed by atoms with E-state index in [4.69, 9.17) is 5.73 Å². The molecule has 0 heterocycles. The molecule has 104 valence electrons. The van der Waals surface area contributed by atoms with Crippen LogP contribution < -0.4 is 5.73 Å². The van der Waals surface area contributed by atoms with Gasteiger partial charge in [0.2, 0.25) is 0 Å². The average molecular weight is 275 g/mol. The molecule has 1 aromatic carbocycles. The molecule has 0 spiro atoms. The van der Waals surface area contributed by atoms with E-state index >= 15 is 0 Å². The van der Waals surface area contributed by atoms with Gasteiger partial charge >= 0.3 is 0 Å². The third-order valence-corrected chi connectivity index (χ3v) is 6.03. The summed E-state index contributed by atoms with van der Waals surface area (Å²) in [6.07, 6.45) is 11.9. The lowest BCUT2D eigenvalue weighted by molar-refractivity contribution is 0.463. The van der Waals surface area contributed by atoms with Crippen LogP contribution in [0.25, 0.3) is 0 Å². The van der Waals surface area contributed by atoms with Crippen LogP contribution in [-0.2, 0) is 12.8 Å². The summed E-state index contributed by atoms with van der Waals surface area (Å²) in [5.41, 5.74) is 9.55. The summed E-state index contributed by atoms with van der Waals surface area (Å²) >= 11 is 2.04. The minimum Gasteiger partial charge on any atom is -0.327 e. The van der Waals surface area contributed by atoms with Gasteiger partial charge in [-0.1, -0.05) is 31.7 Å². The first-order valence-electron chi connectivity index (χ1n) is 7.87. The predicted molar refractivity (Wildman–Crippen MR) is 83.8 cm³/mol. The van der Waals surface area contributed by atoms with E-state index in [1.54, 1.807) is 11.1 Å². The van der Waals surface area contributed by atoms with Crippen molar-refractivity contribution in [2.45, 2.75) is 74.0 Å². The van der Waals surface area contributed by atoms with Crippen LogP contribution in [-0.4, -0.2) is 11.3 Å². The van der Waals surface area contributed by atoms with E-state index in [1.165, 1.54) is 62.7 Å². The predicted octanol–water partition coefficient (Wildman–Crippen LogP) is 4.32. The van der Waals surface area contributed by atoms with Gasteiger partial charge in [-0.3, -0.25) is 0 Å². The second kappa shape index (κ2) is 6.32. The van der Waals surface area contributed by atoms with E-state index in [9.17, 15) is 0 Å². The van der Waals surface area contributed by atoms with Crippen LogP contribution in [0.3, 0.4) is 0 Å². The summed E-state index contributed by atoms with van der Waals surface area (Å²) in [4.78, 5) is 1.45. The molecule has 2 aliphatic rings. The van der Waals surface area contributed by atoms with Crippen LogP contribution in [0, 0.1) is 0 Å². The van der Waals surface area contributed by atoms with Crippen LogP contribution in [0.15, 0.2) is 23.1 Å². The SMILES string of the molecule is NC1CCCCCCC1Sc1ccc2c(c1)CCC2. The number of fused-ring (bicyclic) bond motifs is 1. The Morgan fingerprint density at radius 3 is 2.58 bits per heavy atom. The van der Waals surface area contributed by atoms with Crippen molar-refractivity contribution in [3.8, 4) is 0 Å². The third-order valence-electron chi connectivity index (χ3n) is 4.61. The van der Waals surface area contributed by atoms with E-state index in [0.29, 0.717) is 11.3 Å². The van der Waals surface area contributed by atoms with Crippen LogP contribution in [0.1, 0.15) is 56.1 Å². The zero-order chi connectivity index (χ0) is 13.1. The lowest BCUT2D eigenvalue weighted by atomic mass is 9.97. The number of hydrogen-bond donors (Lipinski definition) is 1. The topological polar surface area (TPSA) is 26.0 Å². The fraction of sp³-hybridized carbons (Fsp3) is 0.647. The van der Waals surface area contributed by atoms with Crippen LogP contribution in [0.5, 0.6) is 0 Å². The maximum Gasteiger partial charge on any atom is 0.0246 e. The molecule has 1 aromatic rings. The molecule has 1 nitrogen and oxygen atoms in total. The molecular weight excluding hydrogens is 250 g/mol. The maximum absolute atomic E-state index is 6.39. The van der Waals surface area contributed by atoms with Gasteiger partial charge < -0.3 is 5.73 Å². The summed E-state index contributed by atoms with van der Waals surface area (Å²) in [5, 5.41) is 0.625. The van der Waals surface area contributed by atoms with E-state index < -0.39 is 0 Å². The second-order valence-electron chi connectivity index (χ2n) is 6.10. The normalized spacial score (nSPS) is 27.6. The molecule has 1 fully saturated rings. The summed E-state index contributed by atoms with van der Waals surface area (Å²) in [6.45, 7) is 0. The van der Waals surface area contributed by atoms with E-state index in [1.807, 2.05) is 11.8 Å². The number of benzene rings is 1. The zero-order valence-electron chi connectivity index (χ0n) is 11.7. The molecule has 2 N–H and O–H groups in total. The zero-order valence-corrected chi connectivity index (χ0v) is 12.6. The van der Waals surface area contributed by atoms with Crippen molar-refractivity contribution in [1.29, 1.82) is 0 Å². The molecule has 2 aliphatic carbocycles. The fourth-order valence-electron chi connectivity index (χ4n) is 3.42. The summed E-state index contributed by atoms with van der Waals surface area (Å²) < 4.78 is 0. The molecule has 2 heteroatoms. The van der Waals surface area contributed by atoms with Gasteiger partial charge in [0.1, 0.15) is 0 Å². The average Bonchev–Trinajstić information content (AvgIpc) is 2.86. The van der Waals surface area contributed by atoms with Crippen molar-refractivity contribution in [3.05, 3.63) is 29.3 Å². The molecule has 2 unspecified atom stereocenters. The highest BCUT2D eigenvalue weighted by atomic mass is 32.2. The number of rotatable bonds is 2. The van der Waals surface area contributed by atoms with E-state index in [-0.39, 0.29) is 0 Å². The Hall–Kier alpha value is -0.470. The largest absolute Gasteiger partial charge is 0.327 e. The van der Waals surface area contributed by atoms with Crippen molar-refractivity contribution in [3.63, 3.8) is 0 Å². The van der Waals surface area contributed by atoms with Crippen molar-refractivity contribution in [1.82, 2.24) is 0 Å². The first-order chi connectivity index (χ1) is 9.33. The molecule has 0 aromatic heterocycles. The van der Waals surface area contributed by atoms with Gasteiger partial charge in [0.05, 0.1) is 0 Å². The molecule has 3 rings (SSSR count). The highest BCUT2D eigenvalue weighted by Crippen LogP contribution is 2.34. The highest BCUT2D eigenvalue weighted by molar-refractivity contribution is 8.00. The number of hydrogen-bond acceptors (Lipinski definition) is 2. The van der Waals surface area contributed by atoms with E-state index in [0.717, 1.165) is 0 Å². The van der Waals surface area contributed by atoms with Crippen molar-refractivity contribution in [2.75, 3.05) is 0 Å². The Labute approximate surface area is 121 Å².